The molecular weight excluding hydrogens is 231 g/mol. The smallest absolute Gasteiger partial charge is 0.148 e. The number of hydrogen-bond acceptors (Lipinski definition) is 3. The molecule has 0 saturated carbocycles. The third-order valence-corrected chi connectivity index (χ3v) is 2.84. The third kappa shape index (κ3) is 3.26. The van der Waals surface area contributed by atoms with Crippen LogP contribution < -0.4 is 5.43 Å². The topological polar surface area (TPSA) is 41.5 Å². The highest BCUT2D eigenvalue weighted by molar-refractivity contribution is 5.97. The van der Waals surface area contributed by atoms with Crippen molar-refractivity contribution in [1.82, 2.24) is 0 Å². The quantitative estimate of drug-likeness (QED) is 0.654. The van der Waals surface area contributed by atoms with E-state index in [1.165, 1.54) is 6.07 Å². The lowest BCUT2D eigenvalue weighted by molar-refractivity contribution is -0.107. The molecule has 1 N–H and O–H groups in total. The number of allylic oxidation sites excluding steroid dienone is 2. The van der Waals surface area contributed by atoms with Gasteiger partial charge in [0, 0.05) is 6.42 Å². The van der Waals surface area contributed by atoms with Crippen molar-refractivity contribution in [2.75, 3.05) is 5.43 Å². The van der Waals surface area contributed by atoms with Crippen molar-refractivity contribution >= 4 is 17.7 Å². The van der Waals surface area contributed by atoms with E-state index in [0.717, 1.165) is 36.8 Å². The minimum atomic E-state index is -0.324. The fraction of sp³-hybridized carbons (Fsp3) is 0.286. The Morgan fingerprint density at radius 1 is 1.33 bits per heavy atom. The molecule has 0 saturated heterocycles. The zero-order chi connectivity index (χ0) is 12.8. The molecule has 0 aliphatic heterocycles. The lowest BCUT2D eigenvalue weighted by Crippen LogP contribution is -2.06. The maximum absolute atomic E-state index is 13.3. The summed E-state index contributed by atoms with van der Waals surface area (Å²) in [5, 5.41) is 4.18. The predicted octanol–water partition coefficient (Wildman–Crippen LogP) is 3.29. The SMILES string of the molecule is O=CCC1=C/C(=N/Nc2ccccc2F)CCC1. The standard InChI is InChI=1S/C14H15FN2O/c15-13-6-1-2-7-14(13)17-16-12-5-3-4-11(10-12)8-9-18/h1-2,6-7,9-10,17H,3-5,8H2/b16-12+. The second kappa shape index (κ2) is 6.10. The van der Waals surface area contributed by atoms with Crippen LogP contribution >= 0.6 is 0 Å². The number of hydrogen-bond donors (Lipinski definition) is 1. The van der Waals surface area contributed by atoms with Crippen molar-refractivity contribution in [2.24, 2.45) is 5.10 Å². The molecule has 1 aliphatic rings. The fourth-order valence-electron chi connectivity index (χ4n) is 1.92. The molecule has 1 aromatic carbocycles. The van der Waals surface area contributed by atoms with Gasteiger partial charge >= 0.3 is 0 Å². The van der Waals surface area contributed by atoms with Crippen molar-refractivity contribution in [2.45, 2.75) is 25.7 Å². The molecule has 0 unspecified atom stereocenters. The number of benzene rings is 1. The molecule has 0 amide bonds. The highest BCUT2D eigenvalue weighted by Crippen LogP contribution is 2.19. The summed E-state index contributed by atoms with van der Waals surface area (Å²) in [5.74, 6) is -0.324. The molecule has 2 rings (SSSR count). The molecule has 18 heavy (non-hydrogen) atoms. The summed E-state index contributed by atoms with van der Waals surface area (Å²) in [6.07, 6.45) is 6.06. The third-order valence-electron chi connectivity index (χ3n) is 2.84. The maximum atomic E-state index is 13.3. The van der Waals surface area contributed by atoms with Crippen LogP contribution in [0.5, 0.6) is 0 Å². The number of aldehydes is 1. The Bertz CT molecular complexity index is 494. The van der Waals surface area contributed by atoms with Crippen LogP contribution in [-0.2, 0) is 4.79 Å². The summed E-state index contributed by atoms with van der Waals surface area (Å²) in [4.78, 5) is 10.5. The highest BCUT2D eigenvalue weighted by atomic mass is 19.1. The van der Waals surface area contributed by atoms with Gasteiger partial charge in [-0.3, -0.25) is 5.43 Å². The van der Waals surface area contributed by atoms with Crippen LogP contribution in [-0.4, -0.2) is 12.0 Å². The first-order valence-electron chi connectivity index (χ1n) is 6.00. The number of anilines is 1. The lowest BCUT2D eigenvalue weighted by Gasteiger charge is -2.12. The van der Waals surface area contributed by atoms with Gasteiger partial charge in [-0.25, -0.2) is 4.39 Å². The van der Waals surface area contributed by atoms with E-state index >= 15 is 0 Å². The average molecular weight is 246 g/mol. The number of hydrazone groups is 1. The van der Waals surface area contributed by atoms with Crippen molar-refractivity contribution in [3.8, 4) is 0 Å². The van der Waals surface area contributed by atoms with E-state index in [4.69, 9.17) is 0 Å². The molecule has 94 valence electrons. The lowest BCUT2D eigenvalue weighted by atomic mass is 9.96. The number of nitrogens with zero attached hydrogens (tertiary/aromatic N) is 1. The van der Waals surface area contributed by atoms with Crippen molar-refractivity contribution < 1.29 is 9.18 Å². The van der Waals surface area contributed by atoms with E-state index in [0.29, 0.717) is 12.1 Å². The van der Waals surface area contributed by atoms with Crippen molar-refractivity contribution in [1.29, 1.82) is 0 Å². The Balaban J connectivity index is 2.07. The summed E-state index contributed by atoms with van der Waals surface area (Å²) in [6.45, 7) is 0. The van der Waals surface area contributed by atoms with Gasteiger partial charge in [0.15, 0.2) is 0 Å². The van der Waals surface area contributed by atoms with Gasteiger partial charge in [-0.1, -0.05) is 17.7 Å². The molecule has 0 fully saturated rings. The Morgan fingerprint density at radius 3 is 2.94 bits per heavy atom. The second-order valence-corrected chi connectivity index (χ2v) is 4.22. The van der Waals surface area contributed by atoms with E-state index in [2.05, 4.69) is 10.5 Å². The van der Waals surface area contributed by atoms with Gasteiger partial charge in [-0.15, -0.1) is 0 Å². The van der Waals surface area contributed by atoms with Crippen LogP contribution in [0.15, 0.2) is 41.0 Å². The van der Waals surface area contributed by atoms with Gasteiger partial charge in [0.25, 0.3) is 0 Å². The summed E-state index contributed by atoms with van der Waals surface area (Å²) in [7, 11) is 0. The molecule has 0 spiro atoms. The number of rotatable bonds is 4. The molecule has 0 aromatic heterocycles. The zero-order valence-electron chi connectivity index (χ0n) is 10.0. The van der Waals surface area contributed by atoms with E-state index in [1.807, 2.05) is 6.08 Å². The number of halogens is 1. The van der Waals surface area contributed by atoms with E-state index in [-0.39, 0.29) is 5.82 Å². The first-order chi connectivity index (χ1) is 8.79. The van der Waals surface area contributed by atoms with Crippen molar-refractivity contribution in [3.05, 3.63) is 41.7 Å². The Morgan fingerprint density at radius 2 is 2.17 bits per heavy atom. The molecule has 4 heteroatoms. The zero-order valence-corrected chi connectivity index (χ0v) is 10.0. The Labute approximate surface area is 105 Å². The molecule has 0 heterocycles. The largest absolute Gasteiger partial charge is 0.303 e. The van der Waals surface area contributed by atoms with E-state index in [1.54, 1.807) is 18.2 Å². The van der Waals surface area contributed by atoms with Gasteiger partial charge in [0.05, 0.1) is 11.4 Å². The minimum Gasteiger partial charge on any atom is -0.303 e. The normalized spacial score (nSPS) is 17.4. The number of carbonyl (C=O) groups is 1. The predicted molar refractivity (Wildman–Crippen MR) is 70.1 cm³/mol. The molecule has 0 bridgehead atoms. The Hall–Kier alpha value is -1.97. The van der Waals surface area contributed by atoms with Crippen LogP contribution in [0.1, 0.15) is 25.7 Å². The first-order valence-corrected chi connectivity index (χ1v) is 6.00. The fourth-order valence-corrected chi connectivity index (χ4v) is 1.92. The number of carbonyl (C=O) groups excluding carboxylic acids is 1. The van der Waals surface area contributed by atoms with Crippen LogP contribution in [0.3, 0.4) is 0 Å². The van der Waals surface area contributed by atoms with E-state index in [9.17, 15) is 9.18 Å². The highest BCUT2D eigenvalue weighted by Gasteiger charge is 2.08. The molecule has 0 atom stereocenters. The summed E-state index contributed by atoms with van der Waals surface area (Å²) < 4.78 is 13.3. The molecule has 1 aliphatic carbocycles. The van der Waals surface area contributed by atoms with Gasteiger partial charge in [-0.2, -0.15) is 5.10 Å². The summed E-state index contributed by atoms with van der Waals surface area (Å²) in [6, 6.07) is 6.41. The molecular formula is C14H15FN2O. The maximum Gasteiger partial charge on any atom is 0.148 e. The number of para-hydroxylation sites is 1. The molecule has 1 aromatic rings. The average Bonchev–Trinajstić information content (AvgIpc) is 2.39. The van der Waals surface area contributed by atoms with Gasteiger partial charge < -0.3 is 4.79 Å². The van der Waals surface area contributed by atoms with Crippen molar-refractivity contribution in [3.63, 3.8) is 0 Å². The Kier molecular flexibility index (Phi) is 4.23. The number of nitrogens with one attached hydrogen (secondary N) is 1. The molecule has 3 nitrogen and oxygen atoms in total. The van der Waals surface area contributed by atoms with Crippen LogP contribution in [0, 0.1) is 5.82 Å². The summed E-state index contributed by atoms with van der Waals surface area (Å²) in [5.41, 5.74) is 5.04. The monoisotopic (exact) mass is 246 g/mol. The molecule has 0 radical (unpaired) electrons. The van der Waals surface area contributed by atoms with Gasteiger partial charge in [0.1, 0.15) is 12.1 Å². The minimum absolute atomic E-state index is 0.324. The summed E-state index contributed by atoms with van der Waals surface area (Å²) >= 11 is 0. The van der Waals surface area contributed by atoms with E-state index < -0.39 is 0 Å². The van der Waals surface area contributed by atoms with Crippen LogP contribution in [0.4, 0.5) is 10.1 Å². The van der Waals surface area contributed by atoms with Gasteiger partial charge in [-0.05, 0) is 37.5 Å². The van der Waals surface area contributed by atoms with Gasteiger partial charge in [0.2, 0.25) is 0 Å². The first kappa shape index (κ1) is 12.5. The van der Waals surface area contributed by atoms with Crippen LogP contribution in [0.25, 0.3) is 0 Å². The second-order valence-electron chi connectivity index (χ2n) is 4.22. The van der Waals surface area contributed by atoms with Crippen LogP contribution in [0.2, 0.25) is 0 Å².